The van der Waals surface area contributed by atoms with E-state index in [1.807, 2.05) is 16.8 Å². The zero-order chi connectivity index (χ0) is 23.9. The summed E-state index contributed by atoms with van der Waals surface area (Å²) in [6.07, 6.45) is 2.74. The lowest BCUT2D eigenvalue weighted by Crippen LogP contribution is -2.40. The minimum Gasteiger partial charge on any atom is -0.322 e. The van der Waals surface area contributed by atoms with Gasteiger partial charge in [-0.1, -0.05) is 44.2 Å². The number of nitrogens with zero attached hydrogens (tertiary/aromatic N) is 5. The average Bonchev–Trinajstić information content (AvgIpc) is 3.34. The molecule has 0 unspecified atom stereocenters. The van der Waals surface area contributed by atoms with Crippen molar-refractivity contribution in [2.24, 2.45) is 0 Å². The predicted octanol–water partition coefficient (Wildman–Crippen LogP) is 4.37. The summed E-state index contributed by atoms with van der Waals surface area (Å²) in [5.41, 5.74) is 5.06. The summed E-state index contributed by atoms with van der Waals surface area (Å²) in [6, 6.07) is 16.5. The van der Waals surface area contributed by atoms with Gasteiger partial charge in [-0.2, -0.15) is 0 Å². The molecule has 5 rings (SSSR count). The van der Waals surface area contributed by atoms with Gasteiger partial charge in [0, 0.05) is 24.2 Å². The number of aromatic nitrogens is 5. The van der Waals surface area contributed by atoms with E-state index in [9.17, 15) is 4.79 Å². The van der Waals surface area contributed by atoms with E-state index >= 15 is 0 Å². The molecule has 2 aromatic carbocycles. The number of benzene rings is 2. The van der Waals surface area contributed by atoms with Crippen LogP contribution in [0.3, 0.4) is 0 Å². The zero-order valence-electron chi connectivity index (χ0n) is 20.4. The van der Waals surface area contributed by atoms with Crippen molar-refractivity contribution in [3.63, 3.8) is 0 Å². The number of fused-ring (bicyclic) bond motifs is 2. The Morgan fingerprint density at radius 1 is 1.09 bits per heavy atom. The van der Waals surface area contributed by atoms with Crippen LogP contribution >= 0.6 is 0 Å². The van der Waals surface area contributed by atoms with Crippen molar-refractivity contribution in [2.45, 2.75) is 65.1 Å². The Balaban J connectivity index is 1.69. The van der Waals surface area contributed by atoms with Crippen LogP contribution in [0.5, 0.6) is 0 Å². The molecule has 1 atom stereocenters. The molecule has 176 valence electrons. The summed E-state index contributed by atoms with van der Waals surface area (Å²) < 4.78 is 1.91. The number of rotatable bonds is 6. The van der Waals surface area contributed by atoms with Gasteiger partial charge in [0.2, 0.25) is 0 Å². The van der Waals surface area contributed by atoms with Gasteiger partial charge in [0.15, 0.2) is 5.82 Å². The van der Waals surface area contributed by atoms with E-state index in [1.165, 1.54) is 16.7 Å². The highest BCUT2D eigenvalue weighted by atomic mass is 16.1. The SMILES string of the molecule is CCc1ccc2[nH]c(=O)c([C@H](c3nnnn3C(C)(C)CC)N3CCc4ccccc4C3)cc2c1. The van der Waals surface area contributed by atoms with Gasteiger partial charge in [0.1, 0.15) is 6.04 Å². The topological polar surface area (TPSA) is 79.7 Å². The molecule has 0 amide bonds. The number of aromatic amines is 1. The largest absolute Gasteiger partial charge is 0.322 e. The second kappa shape index (κ2) is 8.80. The number of nitrogens with one attached hydrogen (secondary N) is 1. The van der Waals surface area contributed by atoms with Crippen molar-refractivity contribution >= 4 is 10.9 Å². The summed E-state index contributed by atoms with van der Waals surface area (Å²) in [5, 5.41) is 14.0. The van der Waals surface area contributed by atoms with Crippen molar-refractivity contribution in [1.82, 2.24) is 30.1 Å². The predicted molar refractivity (Wildman–Crippen MR) is 134 cm³/mol. The van der Waals surface area contributed by atoms with Crippen LogP contribution in [0.25, 0.3) is 10.9 Å². The number of pyridine rings is 1. The van der Waals surface area contributed by atoms with E-state index in [-0.39, 0.29) is 17.1 Å². The van der Waals surface area contributed by atoms with Crippen LogP contribution in [0.1, 0.15) is 68.2 Å². The maximum atomic E-state index is 13.5. The van der Waals surface area contributed by atoms with Crippen LogP contribution in [0, 0.1) is 0 Å². The molecule has 7 nitrogen and oxygen atoms in total. The second-order valence-corrected chi connectivity index (χ2v) is 9.84. The van der Waals surface area contributed by atoms with Gasteiger partial charge in [0.25, 0.3) is 5.56 Å². The van der Waals surface area contributed by atoms with Crippen molar-refractivity contribution in [3.8, 4) is 0 Å². The third-order valence-corrected chi connectivity index (χ3v) is 7.34. The summed E-state index contributed by atoms with van der Waals surface area (Å²) >= 11 is 0. The highest BCUT2D eigenvalue weighted by molar-refractivity contribution is 5.80. The van der Waals surface area contributed by atoms with Gasteiger partial charge in [-0.15, -0.1) is 5.10 Å². The molecule has 4 aromatic rings. The van der Waals surface area contributed by atoms with Gasteiger partial charge < -0.3 is 4.98 Å². The third-order valence-electron chi connectivity index (χ3n) is 7.34. The third kappa shape index (κ3) is 3.94. The van der Waals surface area contributed by atoms with E-state index in [0.29, 0.717) is 11.4 Å². The Morgan fingerprint density at radius 2 is 1.88 bits per heavy atom. The van der Waals surface area contributed by atoms with Crippen LogP contribution in [0.15, 0.2) is 53.3 Å². The van der Waals surface area contributed by atoms with Gasteiger partial charge in [-0.25, -0.2) is 4.68 Å². The van der Waals surface area contributed by atoms with E-state index in [1.54, 1.807) is 0 Å². The van der Waals surface area contributed by atoms with Gasteiger partial charge in [0.05, 0.1) is 5.54 Å². The number of tetrazole rings is 1. The van der Waals surface area contributed by atoms with Crippen LogP contribution in [-0.4, -0.2) is 36.6 Å². The van der Waals surface area contributed by atoms with E-state index in [4.69, 9.17) is 0 Å². The molecule has 1 aliphatic heterocycles. The molecular weight excluding hydrogens is 424 g/mol. The monoisotopic (exact) mass is 456 g/mol. The number of hydrogen-bond acceptors (Lipinski definition) is 5. The van der Waals surface area contributed by atoms with Crippen molar-refractivity contribution in [2.75, 3.05) is 6.54 Å². The first-order valence-corrected chi connectivity index (χ1v) is 12.2. The molecule has 0 aliphatic carbocycles. The van der Waals surface area contributed by atoms with Gasteiger partial charge in [-0.05, 0) is 83.8 Å². The van der Waals surface area contributed by atoms with Crippen LogP contribution in [0.2, 0.25) is 0 Å². The molecule has 0 fully saturated rings. The van der Waals surface area contributed by atoms with Crippen molar-refractivity contribution in [1.29, 1.82) is 0 Å². The molecule has 1 aliphatic rings. The Morgan fingerprint density at radius 3 is 2.65 bits per heavy atom. The zero-order valence-corrected chi connectivity index (χ0v) is 20.4. The maximum absolute atomic E-state index is 13.5. The minimum absolute atomic E-state index is 0.0931. The molecule has 0 saturated carbocycles. The molecule has 0 spiro atoms. The lowest BCUT2D eigenvalue weighted by molar-refractivity contribution is 0.181. The Kier molecular flexibility index (Phi) is 5.81. The fourth-order valence-corrected chi connectivity index (χ4v) is 4.88. The summed E-state index contributed by atoms with van der Waals surface area (Å²) in [4.78, 5) is 18.9. The molecule has 1 N–H and O–H groups in total. The normalized spacial score (nSPS) is 15.4. The minimum atomic E-state index is -0.354. The maximum Gasteiger partial charge on any atom is 0.253 e. The summed E-state index contributed by atoms with van der Waals surface area (Å²) in [6.45, 7) is 10.1. The lowest BCUT2D eigenvalue weighted by atomic mass is 9.95. The highest BCUT2D eigenvalue weighted by Gasteiger charge is 2.35. The molecule has 2 aromatic heterocycles. The van der Waals surface area contributed by atoms with Crippen molar-refractivity contribution in [3.05, 3.63) is 87.0 Å². The van der Waals surface area contributed by atoms with Crippen molar-refractivity contribution < 1.29 is 0 Å². The fraction of sp³-hybridized carbons (Fsp3) is 0.407. The van der Waals surface area contributed by atoms with Crippen LogP contribution in [0.4, 0.5) is 0 Å². The quantitative estimate of drug-likeness (QED) is 0.466. The molecule has 34 heavy (non-hydrogen) atoms. The molecule has 3 heterocycles. The first kappa shape index (κ1) is 22.5. The first-order valence-electron chi connectivity index (χ1n) is 12.2. The molecule has 0 bridgehead atoms. The van der Waals surface area contributed by atoms with E-state index in [2.05, 4.69) is 89.5 Å². The average molecular weight is 457 g/mol. The fourth-order valence-electron chi connectivity index (χ4n) is 4.88. The summed E-state index contributed by atoms with van der Waals surface area (Å²) in [5.74, 6) is 0.711. The highest BCUT2D eigenvalue weighted by Crippen LogP contribution is 2.34. The van der Waals surface area contributed by atoms with E-state index in [0.717, 1.165) is 43.3 Å². The molecular formula is C27H32N6O. The van der Waals surface area contributed by atoms with Gasteiger partial charge >= 0.3 is 0 Å². The number of H-pyrrole nitrogens is 1. The Bertz CT molecular complexity index is 1390. The molecule has 0 radical (unpaired) electrons. The number of hydrogen-bond donors (Lipinski definition) is 1. The van der Waals surface area contributed by atoms with Gasteiger partial charge in [-0.3, -0.25) is 9.69 Å². The lowest BCUT2D eigenvalue weighted by Gasteiger charge is -2.36. The Hall–Kier alpha value is -3.32. The van der Waals surface area contributed by atoms with Crippen LogP contribution < -0.4 is 5.56 Å². The smallest absolute Gasteiger partial charge is 0.253 e. The first-order chi connectivity index (χ1) is 16.4. The standard InChI is InChI=1S/C27H32N6O/c1-5-18-11-12-23-21(15-18)16-22(26(34)28-23)24(25-29-30-31-33(25)27(3,4)6-2)32-14-13-19-9-7-8-10-20(19)17-32/h7-12,15-16,24H,5-6,13-14,17H2,1-4H3,(H,28,34)/t24-/m1/s1. The summed E-state index contributed by atoms with van der Waals surface area (Å²) in [7, 11) is 0. The van der Waals surface area contributed by atoms with Crippen LogP contribution in [-0.2, 0) is 24.9 Å². The Labute approximate surface area is 199 Å². The number of aryl methyl sites for hydroxylation is 1. The van der Waals surface area contributed by atoms with E-state index < -0.39 is 0 Å². The molecule has 0 saturated heterocycles. The second-order valence-electron chi connectivity index (χ2n) is 9.84. The molecule has 7 heteroatoms.